The van der Waals surface area contributed by atoms with Crippen molar-refractivity contribution >= 4 is 23.2 Å². The maximum absolute atomic E-state index is 13.3. The Morgan fingerprint density at radius 3 is 2.78 bits per heavy atom. The van der Waals surface area contributed by atoms with Gasteiger partial charge in [-0.05, 0) is 43.3 Å². The molecule has 0 saturated heterocycles. The average Bonchev–Trinajstić information content (AvgIpc) is 3.16. The van der Waals surface area contributed by atoms with Crippen molar-refractivity contribution in [2.45, 2.75) is 13.0 Å². The molecule has 6 nitrogen and oxygen atoms in total. The molecule has 3 aromatic rings. The number of nitrogens with two attached hydrogens (primary N) is 1. The summed E-state index contributed by atoms with van der Waals surface area (Å²) in [5.41, 5.74) is 1.71. The van der Waals surface area contributed by atoms with Crippen LogP contribution in [0.4, 0.5) is 14.5 Å². The lowest BCUT2D eigenvalue weighted by Gasteiger charge is -2.13. The number of anilines is 1. The number of hydrogen-bond donors (Lipinski definition) is 2. The number of nitrogens with zero attached hydrogens (tertiary/aromatic N) is 3. The van der Waals surface area contributed by atoms with Crippen LogP contribution in [0.2, 0.25) is 5.02 Å². The van der Waals surface area contributed by atoms with Gasteiger partial charge in [-0.1, -0.05) is 11.6 Å². The van der Waals surface area contributed by atoms with Gasteiger partial charge in [0.05, 0.1) is 11.4 Å². The number of amides is 1. The number of benzene rings is 2. The van der Waals surface area contributed by atoms with Crippen LogP contribution in [0, 0.1) is 11.6 Å². The van der Waals surface area contributed by atoms with Crippen LogP contribution in [-0.2, 0) is 4.79 Å². The van der Waals surface area contributed by atoms with Crippen molar-refractivity contribution in [1.29, 1.82) is 0 Å². The van der Waals surface area contributed by atoms with Gasteiger partial charge in [0, 0.05) is 10.6 Å². The first-order valence-electron chi connectivity index (χ1n) is 8.16. The highest BCUT2D eigenvalue weighted by Gasteiger charge is 2.15. The molecule has 0 radical (unpaired) electrons. The molecule has 3 rings (SSSR count). The van der Waals surface area contributed by atoms with Crippen LogP contribution in [0.3, 0.4) is 0 Å². The van der Waals surface area contributed by atoms with Gasteiger partial charge in [-0.2, -0.15) is 5.10 Å². The summed E-state index contributed by atoms with van der Waals surface area (Å²) in [5, 5.41) is 9.03. The molecule has 0 aliphatic carbocycles. The molecule has 3 N–H and O–H groups in total. The van der Waals surface area contributed by atoms with Crippen molar-refractivity contribution in [2.24, 2.45) is 0 Å². The Hall–Kier alpha value is -2.84. The molecule has 0 fully saturated rings. The first-order valence-corrected chi connectivity index (χ1v) is 8.54. The highest BCUT2D eigenvalue weighted by molar-refractivity contribution is 6.31. The highest BCUT2D eigenvalue weighted by Crippen LogP contribution is 2.23. The molecule has 1 aromatic heterocycles. The van der Waals surface area contributed by atoms with Crippen LogP contribution in [0.5, 0.6) is 0 Å². The Morgan fingerprint density at radius 2 is 2.07 bits per heavy atom. The van der Waals surface area contributed by atoms with E-state index in [1.165, 1.54) is 23.4 Å². The molecule has 0 bridgehead atoms. The molecule has 27 heavy (non-hydrogen) atoms. The van der Waals surface area contributed by atoms with Gasteiger partial charge >= 0.3 is 0 Å². The highest BCUT2D eigenvalue weighted by atomic mass is 35.5. The lowest BCUT2D eigenvalue weighted by molar-refractivity contribution is -0.682. The first-order chi connectivity index (χ1) is 12.9. The van der Waals surface area contributed by atoms with Gasteiger partial charge in [0.25, 0.3) is 5.91 Å². The zero-order chi connectivity index (χ0) is 19.4. The van der Waals surface area contributed by atoms with Gasteiger partial charge in [-0.15, -0.1) is 0 Å². The molecular weight excluding hydrogens is 376 g/mol. The molecule has 140 valence electrons. The van der Waals surface area contributed by atoms with E-state index in [-0.39, 0.29) is 18.5 Å². The molecule has 1 amide bonds. The second-order valence-electron chi connectivity index (χ2n) is 5.95. The van der Waals surface area contributed by atoms with Crippen molar-refractivity contribution < 1.29 is 18.9 Å². The Bertz CT molecular complexity index is 949. The van der Waals surface area contributed by atoms with E-state index >= 15 is 0 Å². The van der Waals surface area contributed by atoms with Crippen LogP contribution >= 0.6 is 11.6 Å². The second kappa shape index (κ2) is 8.24. The topological polar surface area (TPSA) is 76.4 Å². The summed E-state index contributed by atoms with van der Waals surface area (Å²) in [6.45, 7) is 1.89. The lowest BCUT2D eigenvalue weighted by Crippen LogP contribution is -2.86. The third-order valence-electron chi connectivity index (χ3n) is 4.02. The van der Waals surface area contributed by atoms with Crippen molar-refractivity contribution in [3.05, 3.63) is 71.3 Å². The maximum Gasteiger partial charge on any atom is 0.279 e. The number of rotatable bonds is 6. The summed E-state index contributed by atoms with van der Waals surface area (Å²) < 4.78 is 27.9. The lowest BCUT2D eigenvalue weighted by atomic mass is 10.1. The molecule has 1 atom stereocenters. The summed E-state index contributed by atoms with van der Waals surface area (Å²) in [5.74, 6) is -2.08. The standard InChI is InChI=1S/C18H16ClF2N5O/c1-11(12-2-4-14(20)15(21)6-12)23-8-18(27)25-16-7-13(19)3-5-17(16)26-10-22-9-24-26/h2-7,9-11,23H,8H2,1H3,(H,25,27)/p+1/t11-/m0/s1. The summed E-state index contributed by atoms with van der Waals surface area (Å²) in [6.07, 6.45) is 2.90. The number of nitrogens with one attached hydrogen (secondary N) is 1. The zero-order valence-corrected chi connectivity index (χ0v) is 15.1. The van der Waals surface area contributed by atoms with Gasteiger partial charge in [0.1, 0.15) is 18.7 Å². The summed E-state index contributed by atoms with van der Waals surface area (Å²) >= 11 is 6.03. The van der Waals surface area contributed by atoms with E-state index in [1.807, 2.05) is 0 Å². The molecule has 0 spiro atoms. The minimum absolute atomic E-state index is 0.0868. The number of carbonyl (C=O) groups is 1. The molecule has 1 heterocycles. The summed E-state index contributed by atoms with van der Waals surface area (Å²) in [4.78, 5) is 16.2. The SMILES string of the molecule is C[C@H]([NH2+]CC(=O)Nc1cc(Cl)ccc1-n1cncn1)c1ccc(F)c(F)c1. The molecule has 0 saturated carbocycles. The molecule has 0 aliphatic heterocycles. The largest absolute Gasteiger partial charge is 0.333 e. The number of quaternary nitrogens is 1. The van der Waals surface area contributed by atoms with E-state index in [2.05, 4.69) is 15.4 Å². The molecular formula is C18H17ClF2N5O+. The van der Waals surface area contributed by atoms with E-state index in [0.29, 0.717) is 22.0 Å². The minimum atomic E-state index is -0.909. The Kier molecular flexibility index (Phi) is 5.78. The number of carbonyl (C=O) groups excluding carboxylic acids is 1. The summed E-state index contributed by atoms with van der Waals surface area (Å²) in [7, 11) is 0. The second-order valence-corrected chi connectivity index (χ2v) is 6.39. The van der Waals surface area contributed by atoms with Crippen LogP contribution in [0.15, 0.2) is 49.1 Å². The number of hydrogen-bond acceptors (Lipinski definition) is 3. The third kappa shape index (κ3) is 4.66. The summed E-state index contributed by atoms with van der Waals surface area (Å²) in [6, 6.07) is 8.51. The van der Waals surface area contributed by atoms with Crippen LogP contribution < -0.4 is 10.6 Å². The van der Waals surface area contributed by atoms with Gasteiger partial charge < -0.3 is 10.6 Å². The normalized spacial score (nSPS) is 12.0. The molecule has 9 heteroatoms. The monoisotopic (exact) mass is 392 g/mol. The smallest absolute Gasteiger partial charge is 0.279 e. The Morgan fingerprint density at radius 1 is 1.26 bits per heavy atom. The van der Waals surface area contributed by atoms with Crippen LogP contribution in [0.25, 0.3) is 5.69 Å². The molecule has 2 aromatic carbocycles. The van der Waals surface area contributed by atoms with E-state index in [4.69, 9.17) is 11.6 Å². The fraction of sp³-hybridized carbons (Fsp3) is 0.167. The molecule has 0 unspecified atom stereocenters. The van der Waals surface area contributed by atoms with Gasteiger partial charge in [0.2, 0.25) is 0 Å². The minimum Gasteiger partial charge on any atom is -0.333 e. The van der Waals surface area contributed by atoms with Crippen molar-refractivity contribution in [3.63, 3.8) is 0 Å². The molecule has 0 aliphatic rings. The predicted octanol–water partition coefficient (Wildman–Crippen LogP) is 2.46. The van der Waals surface area contributed by atoms with E-state index in [1.54, 1.807) is 30.4 Å². The first kappa shape index (κ1) is 18.9. The zero-order valence-electron chi connectivity index (χ0n) is 14.4. The maximum atomic E-state index is 13.3. The van der Waals surface area contributed by atoms with E-state index in [9.17, 15) is 13.6 Å². The fourth-order valence-corrected chi connectivity index (χ4v) is 2.73. The Balaban J connectivity index is 1.66. The number of halogens is 3. The van der Waals surface area contributed by atoms with Crippen LogP contribution in [0.1, 0.15) is 18.5 Å². The van der Waals surface area contributed by atoms with E-state index < -0.39 is 11.6 Å². The third-order valence-corrected chi connectivity index (χ3v) is 4.26. The predicted molar refractivity (Wildman–Crippen MR) is 96.6 cm³/mol. The van der Waals surface area contributed by atoms with Crippen molar-refractivity contribution in [3.8, 4) is 5.69 Å². The van der Waals surface area contributed by atoms with Crippen molar-refractivity contribution in [2.75, 3.05) is 11.9 Å². The quantitative estimate of drug-likeness (QED) is 0.676. The van der Waals surface area contributed by atoms with Crippen LogP contribution in [-0.4, -0.2) is 27.2 Å². The average molecular weight is 393 g/mol. The number of aromatic nitrogens is 3. The Labute approximate surface area is 159 Å². The fourth-order valence-electron chi connectivity index (χ4n) is 2.56. The van der Waals surface area contributed by atoms with Crippen molar-refractivity contribution in [1.82, 2.24) is 14.8 Å². The van der Waals surface area contributed by atoms with E-state index in [0.717, 1.165) is 12.1 Å². The van der Waals surface area contributed by atoms with Gasteiger partial charge in [-0.25, -0.2) is 18.4 Å². The van der Waals surface area contributed by atoms with Gasteiger partial charge in [-0.3, -0.25) is 4.79 Å². The van der Waals surface area contributed by atoms with Gasteiger partial charge in [0.15, 0.2) is 18.2 Å².